The van der Waals surface area contributed by atoms with Gasteiger partial charge in [-0.05, 0) is 55.5 Å². The highest BCUT2D eigenvalue weighted by Crippen LogP contribution is 2.50. The Morgan fingerprint density at radius 1 is 0.944 bits per heavy atom. The molecule has 0 aliphatic carbocycles. The molecule has 2 aliphatic heterocycles. The zero-order chi connectivity index (χ0) is 25.7. The van der Waals surface area contributed by atoms with E-state index in [9.17, 15) is 26.3 Å². The number of rotatable bonds is 5. The molecule has 11 heteroatoms. The summed E-state index contributed by atoms with van der Waals surface area (Å²) in [5.74, 6) is 0. The molecule has 2 fully saturated rings. The van der Waals surface area contributed by atoms with Gasteiger partial charge < -0.3 is 14.6 Å². The van der Waals surface area contributed by atoms with Crippen molar-refractivity contribution in [2.45, 2.75) is 68.4 Å². The molecule has 5 atom stereocenters. The van der Waals surface area contributed by atoms with E-state index in [-0.39, 0.29) is 23.7 Å². The molecule has 0 amide bonds. The normalized spacial score (nSPS) is 27.2. The summed E-state index contributed by atoms with van der Waals surface area (Å²) in [6.07, 6.45) is -6.14. The molecule has 0 saturated carbocycles. The van der Waals surface area contributed by atoms with E-state index in [2.05, 4.69) is 15.5 Å². The number of hydrogen-bond donors (Lipinski definition) is 1. The van der Waals surface area contributed by atoms with E-state index < -0.39 is 41.2 Å². The van der Waals surface area contributed by atoms with Gasteiger partial charge in [0, 0.05) is 6.04 Å². The van der Waals surface area contributed by atoms with Crippen molar-refractivity contribution in [2.24, 2.45) is 0 Å². The summed E-state index contributed by atoms with van der Waals surface area (Å²) < 4.78 is 88.7. The average Bonchev–Trinajstić information content (AvgIpc) is 3.47. The van der Waals surface area contributed by atoms with Gasteiger partial charge in [-0.2, -0.15) is 26.3 Å². The summed E-state index contributed by atoms with van der Waals surface area (Å²) in [4.78, 5) is 0. The third-order valence-electron chi connectivity index (χ3n) is 7.28. The topological polar surface area (TPSA) is 52.0 Å². The van der Waals surface area contributed by atoms with E-state index in [1.807, 2.05) is 34.9 Å². The molecule has 2 bridgehead atoms. The average molecular weight is 510 g/mol. The van der Waals surface area contributed by atoms with Crippen molar-refractivity contribution < 1.29 is 31.1 Å². The number of nitrogens with zero attached hydrogens (tertiary/aromatic N) is 3. The Kier molecular flexibility index (Phi) is 6.11. The molecule has 1 N–H and O–H groups in total. The van der Waals surface area contributed by atoms with E-state index in [4.69, 9.17) is 4.74 Å². The number of benzene rings is 2. The van der Waals surface area contributed by atoms with Crippen molar-refractivity contribution in [1.82, 2.24) is 20.1 Å². The lowest BCUT2D eigenvalue weighted by Crippen LogP contribution is -2.54. The largest absolute Gasteiger partial charge is 0.416 e. The Morgan fingerprint density at radius 2 is 1.56 bits per heavy atom. The van der Waals surface area contributed by atoms with Crippen molar-refractivity contribution in [1.29, 1.82) is 0 Å². The van der Waals surface area contributed by atoms with Gasteiger partial charge in [-0.3, -0.25) is 0 Å². The SMILES string of the molecule is C[C@H](O[C@@H]1CC[C@@H]2N[C@@]1(c1ccccc1)C[C@H]2n1cnnc1)c1cc(C(F)(F)F)cc(C(F)(F)F)c1. The molecular formula is C25H24F6N4O. The fraction of sp³-hybridized carbons (Fsp3) is 0.440. The van der Waals surface area contributed by atoms with Crippen LogP contribution in [0.25, 0.3) is 0 Å². The molecule has 2 aliphatic rings. The molecule has 5 rings (SSSR count). The second-order valence-electron chi connectivity index (χ2n) is 9.45. The maximum Gasteiger partial charge on any atom is 0.416 e. The van der Waals surface area contributed by atoms with Crippen LogP contribution in [0.3, 0.4) is 0 Å². The number of aromatic nitrogens is 3. The quantitative estimate of drug-likeness (QED) is 0.425. The monoisotopic (exact) mass is 510 g/mol. The number of ether oxygens (including phenoxy) is 1. The fourth-order valence-electron chi connectivity index (χ4n) is 5.56. The number of hydrogen-bond acceptors (Lipinski definition) is 4. The van der Waals surface area contributed by atoms with Crippen LogP contribution >= 0.6 is 0 Å². The van der Waals surface area contributed by atoms with Crippen LogP contribution in [0.5, 0.6) is 0 Å². The Labute approximate surface area is 203 Å². The van der Waals surface area contributed by atoms with E-state index in [1.165, 1.54) is 6.92 Å². The minimum atomic E-state index is -4.92. The lowest BCUT2D eigenvalue weighted by Gasteiger charge is -2.43. The highest BCUT2D eigenvalue weighted by molar-refractivity contribution is 5.35. The molecule has 1 aromatic heterocycles. The van der Waals surface area contributed by atoms with Crippen LogP contribution in [-0.2, 0) is 22.6 Å². The summed E-state index contributed by atoms with van der Waals surface area (Å²) in [6, 6.07) is 11.3. The smallest absolute Gasteiger partial charge is 0.368 e. The van der Waals surface area contributed by atoms with E-state index in [0.29, 0.717) is 19.3 Å². The lowest BCUT2D eigenvalue weighted by atomic mass is 9.80. The van der Waals surface area contributed by atoms with E-state index >= 15 is 0 Å². The van der Waals surface area contributed by atoms with Crippen LogP contribution in [0.1, 0.15) is 60.6 Å². The second kappa shape index (κ2) is 8.88. The Morgan fingerprint density at radius 3 is 2.14 bits per heavy atom. The van der Waals surface area contributed by atoms with Crippen LogP contribution in [0, 0.1) is 0 Å². The fourth-order valence-corrected chi connectivity index (χ4v) is 5.56. The van der Waals surface area contributed by atoms with Crippen molar-refractivity contribution in [3.05, 3.63) is 83.4 Å². The van der Waals surface area contributed by atoms with Gasteiger partial charge in [0.15, 0.2) is 0 Å². The lowest BCUT2D eigenvalue weighted by molar-refractivity contribution is -0.143. The Balaban J connectivity index is 1.49. The second-order valence-corrected chi connectivity index (χ2v) is 9.45. The van der Waals surface area contributed by atoms with Crippen LogP contribution in [-0.4, -0.2) is 26.9 Å². The highest BCUT2D eigenvalue weighted by atomic mass is 19.4. The molecular weight excluding hydrogens is 486 g/mol. The molecule has 0 spiro atoms. The molecule has 2 aromatic carbocycles. The van der Waals surface area contributed by atoms with Crippen molar-refractivity contribution in [3.63, 3.8) is 0 Å². The Bertz CT molecular complexity index is 1170. The number of piperidine rings is 1. The van der Waals surface area contributed by atoms with Gasteiger partial charge in [-0.25, -0.2) is 0 Å². The summed E-state index contributed by atoms with van der Waals surface area (Å²) in [6.45, 7) is 1.49. The van der Waals surface area contributed by atoms with E-state index in [1.54, 1.807) is 12.7 Å². The van der Waals surface area contributed by atoms with Crippen LogP contribution in [0.4, 0.5) is 26.3 Å². The number of nitrogens with one attached hydrogen (secondary N) is 1. The minimum Gasteiger partial charge on any atom is -0.368 e. The van der Waals surface area contributed by atoms with Gasteiger partial charge in [-0.1, -0.05) is 30.3 Å². The zero-order valence-corrected chi connectivity index (χ0v) is 19.2. The summed E-state index contributed by atoms with van der Waals surface area (Å²) in [5, 5.41) is 11.5. The summed E-state index contributed by atoms with van der Waals surface area (Å²) >= 11 is 0. The van der Waals surface area contributed by atoms with Crippen molar-refractivity contribution >= 4 is 0 Å². The highest BCUT2D eigenvalue weighted by Gasteiger charge is 2.55. The maximum absolute atomic E-state index is 13.4. The molecule has 0 radical (unpaired) electrons. The summed E-state index contributed by atoms with van der Waals surface area (Å²) in [7, 11) is 0. The van der Waals surface area contributed by atoms with Crippen molar-refractivity contribution in [2.75, 3.05) is 0 Å². The number of halogens is 6. The first-order valence-electron chi connectivity index (χ1n) is 11.6. The third-order valence-corrected chi connectivity index (χ3v) is 7.28. The molecule has 5 nitrogen and oxygen atoms in total. The predicted molar refractivity (Wildman–Crippen MR) is 118 cm³/mol. The number of alkyl halides is 6. The zero-order valence-electron chi connectivity index (χ0n) is 19.2. The first-order chi connectivity index (χ1) is 17.0. The molecule has 3 aromatic rings. The van der Waals surface area contributed by atoms with Crippen LogP contribution in [0.2, 0.25) is 0 Å². The van der Waals surface area contributed by atoms with Crippen LogP contribution < -0.4 is 5.32 Å². The summed E-state index contributed by atoms with van der Waals surface area (Å²) in [5.41, 5.74) is -2.60. The number of fused-ring (bicyclic) bond motifs is 2. The molecule has 36 heavy (non-hydrogen) atoms. The van der Waals surface area contributed by atoms with Crippen LogP contribution in [0.15, 0.2) is 61.2 Å². The maximum atomic E-state index is 13.4. The molecule has 3 heterocycles. The first kappa shape index (κ1) is 24.8. The molecule has 2 saturated heterocycles. The minimum absolute atomic E-state index is 0.0227. The van der Waals surface area contributed by atoms with E-state index in [0.717, 1.165) is 17.7 Å². The standard InChI is InChI=1S/C25H24F6N4O/c1-15(16-9-18(24(26,27)28)11-19(10-16)25(29,30)31)36-22-8-7-20-21(35-13-32-33-14-35)12-23(22,34-20)17-5-3-2-4-6-17/h2-6,9-11,13-15,20-22,34H,7-8,12H2,1H3/t15-,20-,21+,22+,23+/m0/s1. The molecule has 0 unspecified atom stereocenters. The van der Waals surface area contributed by atoms with Gasteiger partial charge in [0.05, 0.1) is 34.9 Å². The first-order valence-corrected chi connectivity index (χ1v) is 11.6. The van der Waals surface area contributed by atoms with Gasteiger partial charge in [0.1, 0.15) is 12.7 Å². The van der Waals surface area contributed by atoms with Crippen molar-refractivity contribution in [3.8, 4) is 0 Å². The Hall–Kier alpha value is -2.92. The van der Waals surface area contributed by atoms with Gasteiger partial charge in [-0.15, -0.1) is 10.2 Å². The van der Waals surface area contributed by atoms with Gasteiger partial charge >= 0.3 is 12.4 Å². The molecule has 192 valence electrons. The third kappa shape index (κ3) is 4.50. The van der Waals surface area contributed by atoms with Gasteiger partial charge in [0.25, 0.3) is 0 Å². The predicted octanol–water partition coefficient (Wildman–Crippen LogP) is 6.05. The van der Waals surface area contributed by atoms with Gasteiger partial charge in [0.2, 0.25) is 0 Å².